The Balaban J connectivity index is 2.11. The van der Waals surface area contributed by atoms with E-state index < -0.39 is 0 Å². The van der Waals surface area contributed by atoms with Crippen molar-refractivity contribution in [3.8, 4) is 11.3 Å². The molecular formula is C14H15BrFN3. The molecule has 0 amide bonds. The van der Waals surface area contributed by atoms with Crippen LogP contribution in [0.1, 0.15) is 31.5 Å². The largest absolute Gasteiger partial charge is 0.383 e. The molecule has 1 heterocycles. The molecular weight excluding hydrogens is 309 g/mol. The minimum Gasteiger partial charge on any atom is -0.383 e. The number of nitrogens with zero attached hydrogens (tertiary/aromatic N) is 2. The van der Waals surface area contributed by atoms with E-state index in [2.05, 4.69) is 27.8 Å². The van der Waals surface area contributed by atoms with Crippen LogP contribution in [0.4, 0.5) is 10.2 Å². The van der Waals surface area contributed by atoms with E-state index >= 15 is 0 Å². The molecule has 0 atom stereocenters. The van der Waals surface area contributed by atoms with Gasteiger partial charge in [-0.25, -0.2) is 9.37 Å². The Kier molecular flexibility index (Phi) is 3.09. The van der Waals surface area contributed by atoms with Crippen molar-refractivity contribution in [3.63, 3.8) is 0 Å². The van der Waals surface area contributed by atoms with Gasteiger partial charge in [0.2, 0.25) is 0 Å². The summed E-state index contributed by atoms with van der Waals surface area (Å²) in [4.78, 5) is 4.64. The molecule has 5 heteroatoms. The number of nitrogen functional groups attached to an aromatic ring is 1. The summed E-state index contributed by atoms with van der Waals surface area (Å²) in [5.41, 5.74) is 7.59. The molecule has 0 radical (unpaired) electrons. The van der Waals surface area contributed by atoms with Gasteiger partial charge in [-0.05, 0) is 47.8 Å². The van der Waals surface area contributed by atoms with Crippen LogP contribution < -0.4 is 5.73 Å². The first-order valence-electron chi connectivity index (χ1n) is 6.43. The van der Waals surface area contributed by atoms with Gasteiger partial charge in [-0.3, -0.25) is 0 Å². The van der Waals surface area contributed by atoms with Crippen LogP contribution in [0.3, 0.4) is 0 Å². The molecule has 1 fully saturated rings. The highest BCUT2D eigenvalue weighted by molar-refractivity contribution is 9.10. The van der Waals surface area contributed by atoms with Crippen molar-refractivity contribution in [2.45, 2.75) is 32.2 Å². The zero-order chi connectivity index (χ0) is 13.6. The van der Waals surface area contributed by atoms with E-state index in [-0.39, 0.29) is 5.82 Å². The van der Waals surface area contributed by atoms with Gasteiger partial charge in [-0.15, -0.1) is 0 Å². The number of rotatable bonds is 3. The number of nitrogens with two attached hydrogens (primary N) is 1. The Labute approximate surface area is 119 Å². The number of anilines is 1. The van der Waals surface area contributed by atoms with Gasteiger partial charge < -0.3 is 10.3 Å². The van der Waals surface area contributed by atoms with Crippen molar-refractivity contribution < 1.29 is 4.39 Å². The van der Waals surface area contributed by atoms with Gasteiger partial charge in [0.25, 0.3) is 0 Å². The van der Waals surface area contributed by atoms with E-state index in [9.17, 15) is 4.39 Å². The SMILES string of the molecule is CCn1c(C2CC2)nc(-c2ccc(Br)c(F)c2)c1N. The van der Waals surface area contributed by atoms with Crippen LogP contribution in [0.25, 0.3) is 11.3 Å². The van der Waals surface area contributed by atoms with Crippen molar-refractivity contribution in [2.75, 3.05) is 5.73 Å². The number of hydrogen-bond donors (Lipinski definition) is 1. The monoisotopic (exact) mass is 323 g/mol. The van der Waals surface area contributed by atoms with Crippen LogP contribution in [0.2, 0.25) is 0 Å². The second kappa shape index (κ2) is 4.63. The summed E-state index contributed by atoms with van der Waals surface area (Å²) >= 11 is 3.16. The summed E-state index contributed by atoms with van der Waals surface area (Å²) in [6.45, 7) is 2.85. The summed E-state index contributed by atoms with van der Waals surface area (Å²) in [6.07, 6.45) is 2.34. The molecule has 1 aromatic heterocycles. The highest BCUT2D eigenvalue weighted by Crippen LogP contribution is 2.42. The number of benzene rings is 1. The third-order valence-electron chi connectivity index (χ3n) is 3.49. The smallest absolute Gasteiger partial charge is 0.138 e. The van der Waals surface area contributed by atoms with E-state index in [1.54, 1.807) is 6.07 Å². The number of aromatic nitrogens is 2. The molecule has 1 aliphatic carbocycles. The van der Waals surface area contributed by atoms with Crippen LogP contribution in [-0.2, 0) is 6.54 Å². The molecule has 3 rings (SSSR count). The quantitative estimate of drug-likeness (QED) is 0.930. The molecule has 2 aromatic rings. The molecule has 1 saturated carbocycles. The van der Waals surface area contributed by atoms with E-state index in [1.165, 1.54) is 18.9 Å². The molecule has 100 valence electrons. The fraction of sp³-hybridized carbons (Fsp3) is 0.357. The molecule has 1 aliphatic rings. The zero-order valence-corrected chi connectivity index (χ0v) is 12.2. The van der Waals surface area contributed by atoms with Crippen molar-refractivity contribution in [3.05, 3.63) is 34.3 Å². The molecule has 2 N–H and O–H groups in total. The predicted octanol–water partition coefficient (Wildman–Crippen LogP) is 3.93. The van der Waals surface area contributed by atoms with Crippen molar-refractivity contribution >= 4 is 21.7 Å². The molecule has 0 spiro atoms. The van der Waals surface area contributed by atoms with Crippen molar-refractivity contribution in [1.82, 2.24) is 9.55 Å². The fourth-order valence-corrected chi connectivity index (χ4v) is 2.57. The first kappa shape index (κ1) is 12.7. The minimum absolute atomic E-state index is 0.295. The molecule has 0 aliphatic heterocycles. The number of halogens is 2. The maximum absolute atomic E-state index is 13.6. The van der Waals surface area contributed by atoms with Crippen LogP contribution >= 0.6 is 15.9 Å². The van der Waals surface area contributed by atoms with Gasteiger partial charge in [0.15, 0.2) is 0 Å². The van der Waals surface area contributed by atoms with Crippen LogP contribution in [0.15, 0.2) is 22.7 Å². The third kappa shape index (κ3) is 2.16. The standard InChI is InChI=1S/C14H15BrFN3/c1-2-19-13(17)12(18-14(19)8-3-4-8)9-5-6-10(15)11(16)7-9/h5-8H,2-4,17H2,1H3. The summed E-state index contributed by atoms with van der Waals surface area (Å²) in [7, 11) is 0. The average Bonchev–Trinajstić information content (AvgIpc) is 3.17. The van der Waals surface area contributed by atoms with Gasteiger partial charge >= 0.3 is 0 Å². The summed E-state index contributed by atoms with van der Waals surface area (Å²) in [5.74, 6) is 1.90. The van der Waals surface area contributed by atoms with Gasteiger partial charge in [0.05, 0.1) is 4.47 Å². The van der Waals surface area contributed by atoms with E-state index in [0.29, 0.717) is 21.9 Å². The summed E-state index contributed by atoms with van der Waals surface area (Å²) in [6, 6.07) is 4.99. The molecule has 3 nitrogen and oxygen atoms in total. The van der Waals surface area contributed by atoms with Crippen LogP contribution in [0, 0.1) is 5.82 Å². The molecule has 19 heavy (non-hydrogen) atoms. The molecule has 0 unspecified atom stereocenters. The Bertz CT molecular complexity index is 632. The first-order valence-corrected chi connectivity index (χ1v) is 7.22. The maximum atomic E-state index is 13.6. The second-order valence-corrected chi connectivity index (χ2v) is 5.71. The normalized spacial score (nSPS) is 14.9. The molecule has 1 aromatic carbocycles. The summed E-state index contributed by atoms with van der Waals surface area (Å²) in [5, 5.41) is 0. The third-order valence-corrected chi connectivity index (χ3v) is 4.13. The van der Waals surface area contributed by atoms with Crippen molar-refractivity contribution in [2.24, 2.45) is 0 Å². The lowest BCUT2D eigenvalue weighted by atomic mass is 10.1. The highest BCUT2D eigenvalue weighted by atomic mass is 79.9. The molecule has 0 saturated heterocycles. The van der Waals surface area contributed by atoms with Crippen LogP contribution in [0.5, 0.6) is 0 Å². The minimum atomic E-state index is -0.295. The van der Waals surface area contributed by atoms with Crippen molar-refractivity contribution in [1.29, 1.82) is 0 Å². The first-order chi connectivity index (χ1) is 9.11. The lowest BCUT2D eigenvalue weighted by Gasteiger charge is -2.05. The fourth-order valence-electron chi connectivity index (χ4n) is 2.32. The topological polar surface area (TPSA) is 43.8 Å². The zero-order valence-electron chi connectivity index (χ0n) is 10.7. The van der Waals surface area contributed by atoms with Gasteiger partial charge in [0.1, 0.15) is 23.2 Å². The lowest BCUT2D eigenvalue weighted by Crippen LogP contribution is -2.04. The van der Waals surface area contributed by atoms with Crippen LogP contribution in [-0.4, -0.2) is 9.55 Å². The van der Waals surface area contributed by atoms with E-state index in [4.69, 9.17) is 5.73 Å². The second-order valence-electron chi connectivity index (χ2n) is 4.85. The Morgan fingerprint density at radius 1 is 1.47 bits per heavy atom. The van der Waals surface area contributed by atoms with E-state index in [0.717, 1.165) is 17.9 Å². The lowest BCUT2D eigenvalue weighted by molar-refractivity contribution is 0.621. The maximum Gasteiger partial charge on any atom is 0.138 e. The van der Waals surface area contributed by atoms with E-state index in [1.807, 2.05) is 10.6 Å². The number of hydrogen-bond acceptors (Lipinski definition) is 2. The Morgan fingerprint density at radius 2 is 2.21 bits per heavy atom. The Morgan fingerprint density at radius 3 is 2.79 bits per heavy atom. The van der Waals surface area contributed by atoms with Gasteiger partial charge in [-0.2, -0.15) is 0 Å². The van der Waals surface area contributed by atoms with Gasteiger partial charge in [-0.1, -0.05) is 6.07 Å². The predicted molar refractivity (Wildman–Crippen MR) is 77.4 cm³/mol. The number of imidazole rings is 1. The summed E-state index contributed by atoms with van der Waals surface area (Å²) < 4.78 is 16.1. The molecule has 0 bridgehead atoms. The Hall–Kier alpha value is -1.36. The highest BCUT2D eigenvalue weighted by Gasteiger charge is 2.30. The van der Waals surface area contributed by atoms with Gasteiger partial charge in [0, 0.05) is 18.0 Å². The average molecular weight is 324 g/mol.